The summed E-state index contributed by atoms with van der Waals surface area (Å²) in [6.45, 7) is 4.44. The van der Waals surface area contributed by atoms with Gasteiger partial charge in [-0.05, 0) is 30.5 Å². The van der Waals surface area contributed by atoms with Gasteiger partial charge in [0.05, 0.1) is 14.2 Å². The third kappa shape index (κ3) is 7.15. The summed E-state index contributed by atoms with van der Waals surface area (Å²) in [6.07, 6.45) is 0.234. The number of benzene rings is 1. The van der Waals surface area contributed by atoms with Crippen molar-refractivity contribution in [1.29, 1.82) is 0 Å². The first-order chi connectivity index (χ1) is 12.3. The molecule has 0 aliphatic rings. The van der Waals surface area contributed by atoms with Gasteiger partial charge in [0.2, 0.25) is 0 Å². The van der Waals surface area contributed by atoms with Crippen LogP contribution in [-0.2, 0) is 14.3 Å². The van der Waals surface area contributed by atoms with Gasteiger partial charge in [0.1, 0.15) is 6.04 Å². The maximum atomic E-state index is 12.2. The van der Waals surface area contributed by atoms with Gasteiger partial charge >= 0.3 is 12.1 Å². The molecule has 142 valence electrons. The number of halogens is 2. The molecule has 0 unspecified atom stereocenters. The lowest BCUT2D eigenvalue weighted by atomic mass is 10.1. The first-order valence-electron chi connectivity index (χ1n) is 8.15. The third-order valence-electron chi connectivity index (χ3n) is 3.60. The number of hydrogen-bond donors (Lipinski definition) is 0. The topological polar surface area (TPSA) is 55.8 Å². The van der Waals surface area contributed by atoms with E-state index in [4.69, 9.17) is 32.7 Å². The van der Waals surface area contributed by atoms with Gasteiger partial charge in [-0.2, -0.15) is 0 Å². The highest BCUT2D eigenvalue weighted by atomic mass is 35.5. The summed E-state index contributed by atoms with van der Waals surface area (Å²) in [6, 6.07) is 4.10. The number of ether oxygens (including phenoxy) is 2. The van der Waals surface area contributed by atoms with E-state index in [0.717, 1.165) is 6.42 Å². The standard InChI is InChI=1S/C19H23Cl2NO4/c1-13(2)8-9-22(19(24)26-4)17(18(23)25-3)7-5-6-14-10-15(20)12-16(21)11-14/h10-13,17H,7-9H2,1-4H3/t17-/m0/s1. The number of nitrogens with zero attached hydrogens (tertiary/aromatic N) is 1. The summed E-state index contributed by atoms with van der Waals surface area (Å²) in [7, 11) is 2.55. The second-order valence-electron chi connectivity index (χ2n) is 6.05. The smallest absolute Gasteiger partial charge is 0.410 e. The molecule has 1 rings (SSSR count). The van der Waals surface area contributed by atoms with Gasteiger partial charge in [0.25, 0.3) is 0 Å². The quantitative estimate of drug-likeness (QED) is 0.525. The number of hydrogen-bond acceptors (Lipinski definition) is 4. The fourth-order valence-corrected chi connectivity index (χ4v) is 2.75. The zero-order valence-electron chi connectivity index (χ0n) is 15.3. The Kier molecular flexibility index (Phi) is 9.32. The molecule has 1 amide bonds. The second-order valence-corrected chi connectivity index (χ2v) is 6.92. The van der Waals surface area contributed by atoms with Crippen molar-refractivity contribution in [2.45, 2.75) is 32.7 Å². The monoisotopic (exact) mass is 399 g/mol. The zero-order valence-corrected chi connectivity index (χ0v) is 16.9. The predicted octanol–water partition coefficient (Wildman–Crippen LogP) is 4.39. The molecule has 1 atom stereocenters. The molecule has 0 aliphatic heterocycles. The molecule has 0 saturated carbocycles. The van der Waals surface area contributed by atoms with Crippen LogP contribution in [0.1, 0.15) is 32.3 Å². The lowest BCUT2D eigenvalue weighted by Gasteiger charge is -2.28. The van der Waals surface area contributed by atoms with Crippen molar-refractivity contribution in [3.05, 3.63) is 33.8 Å². The predicted molar refractivity (Wildman–Crippen MR) is 102 cm³/mol. The minimum absolute atomic E-state index is 0.101. The van der Waals surface area contributed by atoms with Crippen molar-refractivity contribution < 1.29 is 19.1 Å². The summed E-state index contributed by atoms with van der Waals surface area (Å²) < 4.78 is 9.65. The molecule has 1 aromatic rings. The molecule has 1 aromatic carbocycles. The van der Waals surface area contributed by atoms with Gasteiger partial charge < -0.3 is 9.47 Å². The van der Waals surface area contributed by atoms with Crippen LogP contribution < -0.4 is 0 Å². The zero-order chi connectivity index (χ0) is 19.7. The maximum Gasteiger partial charge on any atom is 0.410 e. The summed E-state index contributed by atoms with van der Waals surface area (Å²) in [5.41, 5.74) is 0.623. The Morgan fingerprint density at radius 1 is 1.12 bits per heavy atom. The number of amides is 1. The van der Waals surface area contributed by atoms with Gasteiger partial charge in [0.15, 0.2) is 0 Å². The molecular formula is C19H23Cl2NO4. The van der Waals surface area contributed by atoms with E-state index in [9.17, 15) is 9.59 Å². The average Bonchev–Trinajstić information content (AvgIpc) is 2.58. The van der Waals surface area contributed by atoms with Crippen LogP contribution in [0, 0.1) is 17.8 Å². The molecule has 0 fully saturated rings. The van der Waals surface area contributed by atoms with Crippen molar-refractivity contribution in [3.8, 4) is 11.8 Å². The van der Waals surface area contributed by atoms with Gasteiger partial charge in [-0.3, -0.25) is 4.90 Å². The van der Waals surface area contributed by atoms with E-state index in [1.54, 1.807) is 18.2 Å². The van der Waals surface area contributed by atoms with Crippen LogP contribution in [0.4, 0.5) is 4.79 Å². The van der Waals surface area contributed by atoms with Crippen molar-refractivity contribution in [2.24, 2.45) is 5.92 Å². The minimum Gasteiger partial charge on any atom is -0.467 e. The van der Waals surface area contributed by atoms with E-state index in [1.807, 2.05) is 13.8 Å². The lowest BCUT2D eigenvalue weighted by molar-refractivity contribution is -0.146. The summed E-state index contributed by atoms with van der Waals surface area (Å²) in [5, 5.41) is 0.943. The van der Waals surface area contributed by atoms with Crippen molar-refractivity contribution in [2.75, 3.05) is 20.8 Å². The van der Waals surface area contributed by atoms with Gasteiger partial charge in [-0.25, -0.2) is 9.59 Å². The van der Waals surface area contributed by atoms with Gasteiger partial charge in [-0.15, -0.1) is 0 Å². The Morgan fingerprint density at radius 2 is 1.73 bits per heavy atom. The highest BCUT2D eigenvalue weighted by Crippen LogP contribution is 2.18. The Morgan fingerprint density at radius 3 is 2.23 bits per heavy atom. The molecule has 5 nitrogen and oxygen atoms in total. The largest absolute Gasteiger partial charge is 0.467 e. The number of carbonyl (C=O) groups excluding carboxylic acids is 2. The number of rotatable bonds is 6. The first kappa shape index (κ1) is 22.1. The van der Waals surface area contributed by atoms with Crippen LogP contribution in [0.3, 0.4) is 0 Å². The molecule has 0 bridgehead atoms. The Balaban J connectivity index is 3.02. The molecule has 0 aliphatic carbocycles. The molecule has 0 radical (unpaired) electrons. The van der Waals surface area contributed by atoms with Crippen molar-refractivity contribution >= 4 is 35.3 Å². The van der Waals surface area contributed by atoms with Crippen LogP contribution in [-0.4, -0.2) is 43.8 Å². The molecule has 7 heteroatoms. The van der Waals surface area contributed by atoms with E-state index >= 15 is 0 Å². The Bertz CT molecular complexity index is 674. The lowest BCUT2D eigenvalue weighted by Crippen LogP contribution is -2.46. The van der Waals surface area contributed by atoms with E-state index < -0.39 is 18.1 Å². The molecule has 0 aromatic heterocycles. The second kappa shape index (κ2) is 10.9. The Hall–Kier alpha value is -1.90. The normalized spacial score (nSPS) is 11.3. The first-order valence-corrected chi connectivity index (χ1v) is 8.91. The van der Waals surface area contributed by atoms with E-state index in [2.05, 4.69) is 11.8 Å². The van der Waals surface area contributed by atoms with Crippen LogP contribution in [0.15, 0.2) is 18.2 Å². The highest BCUT2D eigenvalue weighted by molar-refractivity contribution is 6.34. The van der Waals surface area contributed by atoms with Crippen LogP contribution in [0.25, 0.3) is 0 Å². The van der Waals surface area contributed by atoms with E-state index in [-0.39, 0.29) is 6.42 Å². The van der Waals surface area contributed by atoms with E-state index in [0.29, 0.717) is 28.1 Å². The molecule has 26 heavy (non-hydrogen) atoms. The van der Waals surface area contributed by atoms with Gasteiger partial charge in [-0.1, -0.05) is 48.9 Å². The summed E-state index contributed by atoms with van der Waals surface area (Å²) in [5.74, 6) is 5.63. The Labute approximate surface area is 164 Å². The number of esters is 1. The van der Waals surface area contributed by atoms with Crippen molar-refractivity contribution in [3.63, 3.8) is 0 Å². The molecule has 0 saturated heterocycles. The molecule has 0 spiro atoms. The fraction of sp³-hybridized carbons (Fsp3) is 0.474. The number of carbonyl (C=O) groups is 2. The average molecular weight is 400 g/mol. The summed E-state index contributed by atoms with van der Waals surface area (Å²) >= 11 is 11.9. The highest BCUT2D eigenvalue weighted by Gasteiger charge is 2.30. The number of methoxy groups -OCH3 is 2. The van der Waals surface area contributed by atoms with Crippen LogP contribution in [0.5, 0.6) is 0 Å². The minimum atomic E-state index is -0.853. The van der Waals surface area contributed by atoms with Gasteiger partial charge in [0, 0.05) is 28.6 Å². The van der Waals surface area contributed by atoms with Crippen molar-refractivity contribution in [1.82, 2.24) is 4.90 Å². The summed E-state index contributed by atoms with van der Waals surface area (Å²) in [4.78, 5) is 25.7. The maximum absolute atomic E-state index is 12.2. The SMILES string of the molecule is COC(=O)[C@H](CC#Cc1cc(Cl)cc(Cl)c1)N(CCC(C)C)C(=O)OC. The van der Waals surface area contributed by atoms with E-state index in [1.165, 1.54) is 19.1 Å². The third-order valence-corrected chi connectivity index (χ3v) is 4.03. The van der Waals surface area contributed by atoms with Crippen LogP contribution >= 0.6 is 23.2 Å². The van der Waals surface area contributed by atoms with Crippen LogP contribution in [0.2, 0.25) is 10.0 Å². The molecule has 0 heterocycles. The fourth-order valence-electron chi connectivity index (χ4n) is 2.22. The molecule has 0 N–H and O–H groups in total. The molecular weight excluding hydrogens is 377 g/mol.